The highest BCUT2D eigenvalue weighted by molar-refractivity contribution is 5.72. The van der Waals surface area contributed by atoms with Crippen LogP contribution in [0, 0.1) is 0 Å². The van der Waals surface area contributed by atoms with Crippen molar-refractivity contribution in [2.75, 3.05) is 38.2 Å². The third-order valence-corrected chi connectivity index (χ3v) is 3.03. The van der Waals surface area contributed by atoms with E-state index in [0.717, 1.165) is 24.5 Å². The maximum Gasteiger partial charge on any atom is 0.314 e. The molecular weight excluding hydrogens is 218 g/mol. The number of piperazine rings is 1. The zero-order valence-corrected chi connectivity index (χ0v) is 9.93. The lowest BCUT2D eigenvalue weighted by Gasteiger charge is -2.35. The number of benzene rings is 1. The Kier molecular flexibility index (Phi) is 3.37. The number of primary amides is 1. The molecule has 0 aromatic heterocycles. The number of rotatable bonds is 2. The summed E-state index contributed by atoms with van der Waals surface area (Å²) in [6.07, 6.45) is 0. The molecule has 0 atom stereocenters. The van der Waals surface area contributed by atoms with Crippen molar-refractivity contribution in [3.63, 3.8) is 0 Å². The lowest BCUT2D eigenvalue weighted by molar-refractivity contribution is 0.204. The van der Waals surface area contributed by atoms with Gasteiger partial charge in [0.2, 0.25) is 0 Å². The average Bonchev–Trinajstić information content (AvgIpc) is 2.39. The maximum absolute atomic E-state index is 11.0. The van der Waals surface area contributed by atoms with Gasteiger partial charge in [0.15, 0.2) is 0 Å². The van der Waals surface area contributed by atoms with Crippen molar-refractivity contribution >= 4 is 11.7 Å². The summed E-state index contributed by atoms with van der Waals surface area (Å²) in [5.41, 5.74) is 6.39. The third-order valence-electron chi connectivity index (χ3n) is 3.03. The molecule has 1 heterocycles. The first-order valence-electron chi connectivity index (χ1n) is 5.64. The molecule has 2 amide bonds. The van der Waals surface area contributed by atoms with Crippen molar-refractivity contribution in [2.24, 2.45) is 5.73 Å². The first-order valence-corrected chi connectivity index (χ1v) is 5.64. The van der Waals surface area contributed by atoms with Gasteiger partial charge in [-0.15, -0.1) is 0 Å². The Morgan fingerprint density at radius 3 is 2.24 bits per heavy atom. The SMILES string of the molecule is COc1ccc(N2CCN(C(N)=O)CC2)cc1. The largest absolute Gasteiger partial charge is 0.497 e. The van der Waals surface area contributed by atoms with Crippen LogP contribution >= 0.6 is 0 Å². The zero-order valence-electron chi connectivity index (χ0n) is 9.93. The topological polar surface area (TPSA) is 58.8 Å². The Bertz CT molecular complexity index is 383. The standard InChI is InChI=1S/C12H17N3O2/c1-17-11-4-2-10(3-5-11)14-6-8-15(9-7-14)12(13)16/h2-5H,6-9H2,1H3,(H2,13,16). The molecule has 2 N–H and O–H groups in total. The Hall–Kier alpha value is -1.91. The quantitative estimate of drug-likeness (QED) is 0.828. The van der Waals surface area contributed by atoms with Crippen molar-refractivity contribution in [1.29, 1.82) is 0 Å². The van der Waals surface area contributed by atoms with E-state index in [4.69, 9.17) is 10.5 Å². The first kappa shape index (κ1) is 11.6. The molecule has 1 aliphatic rings. The number of anilines is 1. The number of carbonyl (C=O) groups is 1. The molecule has 1 aliphatic heterocycles. The summed E-state index contributed by atoms with van der Waals surface area (Å²) >= 11 is 0. The second-order valence-corrected chi connectivity index (χ2v) is 4.01. The van der Waals surface area contributed by atoms with Crippen LogP contribution in [0.2, 0.25) is 0 Å². The van der Waals surface area contributed by atoms with Gasteiger partial charge in [0, 0.05) is 31.9 Å². The highest BCUT2D eigenvalue weighted by atomic mass is 16.5. The van der Waals surface area contributed by atoms with E-state index in [1.165, 1.54) is 0 Å². The molecule has 2 rings (SSSR count). The van der Waals surface area contributed by atoms with Crippen LogP contribution in [-0.2, 0) is 0 Å². The van der Waals surface area contributed by atoms with E-state index in [0.29, 0.717) is 13.1 Å². The first-order chi connectivity index (χ1) is 8.20. The summed E-state index contributed by atoms with van der Waals surface area (Å²) in [6.45, 7) is 2.99. The van der Waals surface area contributed by atoms with Gasteiger partial charge in [0.25, 0.3) is 0 Å². The van der Waals surface area contributed by atoms with Crippen LogP contribution in [0.1, 0.15) is 0 Å². The molecule has 92 valence electrons. The lowest BCUT2D eigenvalue weighted by atomic mass is 10.2. The van der Waals surface area contributed by atoms with Gasteiger partial charge >= 0.3 is 6.03 Å². The summed E-state index contributed by atoms with van der Waals surface area (Å²) in [6, 6.07) is 7.60. The highest BCUT2D eigenvalue weighted by Crippen LogP contribution is 2.20. The van der Waals surface area contributed by atoms with E-state index in [2.05, 4.69) is 4.90 Å². The molecule has 0 radical (unpaired) electrons. The van der Waals surface area contributed by atoms with Gasteiger partial charge in [-0.05, 0) is 24.3 Å². The number of amides is 2. The van der Waals surface area contributed by atoms with E-state index in [1.807, 2.05) is 24.3 Å². The van der Waals surface area contributed by atoms with Gasteiger partial charge < -0.3 is 20.3 Å². The number of ether oxygens (including phenoxy) is 1. The molecule has 0 saturated carbocycles. The molecule has 1 fully saturated rings. The molecule has 1 aromatic rings. The summed E-state index contributed by atoms with van der Waals surface area (Å²) in [5.74, 6) is 0.851. The van der Waals surface area contributed by atoms with Crippen LogP contribution in [0.15, 0.2) is 24.3 Å². The molecule has 17 heavy (non-hydrogen) atoms. The molecule has 1 saturated heterocycles. The second-order valence-electron chi connectivity index (χ2n) is 4.01. The van der Waals surface area contributed by atoms with Crippen LogP contribution in [0.5, 0.6) is 5.75 Å². The van der Waals surface area contributed by atoms with Crippen LogP contribution in [0.3, 0.4) is 0 Å². The fraction of sp³-hybridized carbons (Fsp3) is 0.417. The van der Waals surface area contributed by atoms with Crippen LogP contribution in [-0.4, -0.2) is 44.2 Å². The molecule has 0 bridgehead atoms. The second kappa shape index (κ2) is 4.95. The van der Waals surface area contributed by atoms with Gasteiger partial charge in [-0.1, -0.05) is 0 Å². The molecule has 1 aromatic carbocycles. The third kappa shape index (κ3) is 2.61. The van der Waals surface area contributed by atoms with Gasteiger partial charge in [0.1, 0.15) is 5.75 Å². The molecule has 0 spiro atoms. The molecule has 0 aliphatic carbocycles. The number of methoxy groups -OCH3 is 1. The number of hydrogen-bond donors (Lipinski definition) is 1. The van der Waals surface area contributed by atoms with Gasteiger partial charge in [-0.3, -0.25) is 0 Å². The normalized spacial score (nSPS) is 15.8. The van der Waals surface area contributed by atoms with Crippen molar-refractivity contribution in [1.82, 2.24) is 4.90 Å². The fourth-order valence-electron chi connectivity index (χ4n) is 1.98. The number of carbonyl (C=O) groups excluding carboxylic acids is 1. The summed E-state index contributed by atoms with van der Waals surface area (Å²) < 4.78 is 5.12. The minimum Gasteiger partial charge on any atom is -0.497 e. The number of hydrogen-bond acceptors (Lipinski definition) is 3. The van der Waals surface area contributed by atoms with E-state index in [-0.39, 0.29) is 6.03 Å². The average molecular weight is 235 g/mol. The highest BCUT2D eigenvalue weighted by Gasteiger charge is 2.19. The predicted molar refractivity (Wildman–Crippen MR) is 66.4 cm³/mol. The van der Waals surface area contributed by atoms with Crippen molar-refractivity contribution in [3.8, 4) is 5.75 Å². The molecule has 0 unspecified atom stereocenters. The van der Waals surface area contributed by atoms with E-state index >= 15 is 0 Å². The monoisotopic (exact) mass is 235 g/mol. The van der Waals surface area contributed by atoms with E-state index in [9.17, 15) is 4.79 Å². The summed E-state index contributed by atoms with van der Waals surface area (Å²) in [5, 5.41) is 0. The van der Waals surface area contributed by atoms with Crippen molar-refractivity contribution in [2.45, 2.75) is 0 Å². The number of urea groups is 1. The number of nitrogens with two attached hydrogens (primary N) is 1. The van der Waals surface area contributed by atoms with Crippen molar-refractivity contribution in [3.05, 3.63) is 24.3 Å². The van der Waals surface area contributed by atoms with Crippen LogP contribution in [0.4, 0.5) is 10.5 Å². The van der Waals surface area contributed by atoms with E-state index in [1.54, 1.807) is 12.0 Å². The Morgan fingerprint density at radius 1 is 1.18 bits per heavy atom. The van der Waals surface area contributed by atoms with Crippen LogP contribution in [0.25, 0.3) is 0 Å². The van der Waals surface area contributed by atoms with Gasteiger partial charge in [-0.2, -0.15) is 0 Å². The van der Waals surface area contributed by atoms with Crippen molar-refractivity contribution < 1.29 is 9.53 Å². The Labute approximate surface area is 101 Å². The Morgan fingerprint density at radius 2 is 1.76 bits per heavy atom. The minimum absolute atomic E-state index is 0.334. The molecule has 5 heteroatoms. The number of nitrogens with zero attached hydrogens (tertiary/aromatic N) is 2. The summed E-state index contributed by atoms with van der Waals surface area (Å²) in [7, 11) is 1.65. The Balaban J connectivity index is 1.97. The smallest absolute Gasteiger partial charge is 0.314 e. The maximum atomic E-state index is 11.0. The van der Waals surface area contributed by atoms with Crippen LogP contribution < -0.4 is 15.4 Å². The predicted octanol–water partition coefficient (Wildman–Crippen LogP) is 0.896. The zero-order chi connectivity index (χ0) is 12.3. The van der Waals surface area contributed by atoms with E-state index < -0.39 is 0 Å². The molecule has 5 nitrogen and oxygen atoms in total. The molecular formula is C12H17N3O2. The van der Waals surface area contributed by atoms with Gasteiger partial charge in [-0.25, -0.2) is 4.79 Å². The lowest BCUT2D eigenvalue weighted by Crippen LogP contribution is -2.50. The summed E-state index contributed by atoms with van der Waals surface area (Å²) in [4.78, 5) is 14.9. The van der Waals surface area contributed by atoms with Gasteiger partial charge in [0.05, 0.1) is 7.11 Å². The minimum atomic E-state index is -0.334. The fourth-order valence-corrected chi connectivity index (χ4v) is 1.98.